The predicted octanol–water partition coefficient (Wildman–Crippen LogP) is 1.47. The molecular weight excluding hydrogens is 212 g/mol. The van der Waals surface area contributed by atoms with E-state index in [9.17, 15) is 0 Å². The third kappa shape index (κ3) is 3.57. The highest BCUT2D eigenvalue weighted by atomic mass is 32.1. The monoisotopic (exact) mass is 224 g/mol. The van der Waals surface area contributed by atoms with E-state index in [0.717, 1.165) is 13.1 Å². The van der Waals surface area contributed by atoms with Gasteiger partial charge in [0.05, 0.1) is 5.16 Å². The molecule has 0 atom stereocenters. The first kappa shape index (κ1) is 11.5. The summed E-state index contributed by atoms with van der Waals surface area (Å²) in [6.45, 7) is 5.38. The lowest BCUT2D eigenvalue weighted by Crippen LogP contribution is -2.08. The van der Waals surface area contributed by atoms with Crippen molar-refractivity contribution < 1.29 is 0 Å². The fraction of sp³-hybridized carbons (Fsp3) is 0.500. The average molecular weight is 224 g/mol. The second-order valence-electron chi connectivity index (χ2n) is 2.55. The standard InChI is InChI=1S/C8H12N6S/c1-3-9-6-12-7(10-4-2)14-8(13-6)11-5-15/h3-4H2,1-2H3,(H2,9,10,12,13,14). The molecule has 1 aromatic heterocycles. The van der Waals surface area contributed by atoms with Gasteiger partial charge in [-0.3, -0.25) is 0 Å². The first-order valence-corrected chi connectivity index (χ1v) is 5.02. The van der Waals surface area contributed by atoms with Crippen molar-refractivity contribution in [1.82, 2.24) is 15.0 Å². The van der Waals surface area contributed by atoms with E-state index in [1.165, 1.54) is 0 Å². The third-order valence-corrected chi connectivity index (χ3v) is 1.53. The zero-order chi connectivity index (χ0) is 11.1. The molecule has 0 unspecified atom stereocenters. The van der Waals surface area contributed by atoms with Crippen LogP contribution in [0.2, 0.25) is 0 Å². The van der Waals surface area contributed by atoms with Crippen molar-refractivity contribution in [2.75, 3.05) is 23.7 Å². The topological polar surface area (TPSA) is 75.1 Å². The average Bonchev–Trinajstić information content (AvgIpc) is 2.19. The Morgan fingerprint density at radius 1 is 1.13 bits per heavy atom. The Balaban J connectivity index is 3.01. The first-order chi connectivity index (χ1) is 7.30. The Morgan fingerprint density at radius 3 is 2.07 bits per heavy atom. The van der Waals surface area contributed by atoms with Gasteiger partial charge in [0, 0.05) is 13.1 Å². The third-order valence-electron chi connectivity index (χ3n) is 1.44. The molecule has 0 aliphatic rings. The molecule has 0 bridgehead atoms. The highest BCUT2D eigenvalue weighted by molar-refractivity contribution is 7.78. The Morgan fingerprint density at radius 2 is 1.67 bits per heavy atom. The summed E-state index contributed by atoms with van der Waals surface area (Å²) in [6, 6.07) is 0. The molecule has 0 aliphatic heterocycles. The number of aliphatic imine (C=N–C) groups is 1. The minimum atomic E-state index is 0.256. The largest absolute Gasteiger partial charge is 0.354 e. The molecule has 1 heterocycles. The number of isothiocyanates is 1. The quantitative estimate of drug-likeness (QED) is 0.582. The number of nitrogens with zero attached hydrogens (tertiary/aromatic N) is 4. The second kappa shape index (κ2) is 6.00. The molecule has 1 rings (SSSR count). The van der Waals surface area contributed by atoms with E-state index < -0.39 is 0 Å². The molecule has 0 aromatic carbocycles. The van der Waals surface area contributed by atoms with Gasteiger partial charge in [0.15, 0.2) is 0 Å². The predicted molar refractivity (Wildman–Crippen MR) is 62.8 cm³/mol. The number of hydrogen-bond acceptors (Lipinski definition) is 7. The first-order valence-electron chi connectivity index (χ1n) is 4.61. The van der Waals surface area contributed by atoms with E-state index in [1.54, 1.807) is 0 Å². The van der Waals surface area contributed by atoms with Crippen LogP contribution in [0, 0.1) is 0 Å². The second-order valence-corrected chi connectivity index (χ2v) is 2.73. The van der Waals surface area contributed by atoms with Gasteiger partial charge in [-0.1, -0.05) is 0 Å². The van der Waals surface area contributed by atoms with Crippen molar-refractivity contribution in [1.29, 1.82) is 0 Å². The minimum Gasteiger partial charge on any atom is -0.354 e. The maximum Gasteiger partial charge on any atom is 0.265 e. The fourth-order valence-electron chi connectivity index (χ4n) is 0.930. The highest BCUT2D eigenvalue weighted by Gasteiger charge is 2.03. The molecular formula is C8H12N6S. The summed E-state index contributed by atoms with van der Waals surface area (Å²) in [5.74, 6) is 1.21. The molecule has 6 nitrogen and oxygen atoms in total. The summed E-state index contributed by atoms with van der Waals surface area (Å²) in [4.78, 5) is 15.9. The van der Waals surface area contributed by atoms with Crippen LogP contribution in [0.15, 0.2) is 4.99 Å². The van der Waals surface area contributed by atoms with Gasteiger partial charge in [-0.05, 0) is 26.1 Å². The molecule has 0 saturated carbocycles. The van der Waals surface area contributed by atoms with Crippen LogP contribution in [0.3, 0.4) is 0 Å². The number of anilines is 2. The normalized spacial score (nSPS) is 9.20. The molecule has 15 heavy (non-hydrogen) atoms. The number of hydrogen-bond donors (Lipinski definition) is 2. The van der Waals surface area contributed by atoms with Gasteiger partial charge >= 0.3 is 0 Å². The number of thiocarbonyl (C=S) groups is 1. The van der Waals surface area contributed by atoms with Crippen LogP contribution in [0.25, 0.3) is 0 Å². The van der Waals surface area contributed by atoms with Crippen LogP contribution in [0.1, 0.15) is 13.8 Å². The molecule has 0 amide bonds. The van der Waals surface area contributed by atoms with Gasteiger partial charge in [0.25, 0.3) is 5.95 Å². The summed E-state index contributed by atoms with van der Waals surface area (Å²) >= 11 is 4.49. The van der Waals surface area contributed by atoms with Gasteiger partial charge in [-0.2, -0.15) is 19.9 Å². The van der Waals surface area contributed by atoms with E-state index in [1.807, 2.05) is 13.8 Å². The van der Waals surface area contributed by atoms with Crippen molar-refractivity contribution >= 4 is 35.2 Å². The molecule has 0 spiro atoms. The van der Waals surface area contributed by atoms with Crippen LogP contribution < -0.4 is 10.6 Å². The van der Waals surface area contributed by atoms with E-state index in [-0.39, 0.29) is 5.95 Å². The maximum absolute atomic E-state index is 4.49. The van der Waals surface area contributed by atoms with Gasteiger partial charge in [0.1, 0.15) is 0 Å². The Kier molecular flexibility index (Phi) is 4.59. The van der Waals surface area contributed by atoms with Crippen molar-refractivity contribution in [2.45, 2.75) is 13.8 Å². The number of nitrogens with one attached hydrogen (secondary N) is 2. The lowest BCUT2D eigenvalue weighted by molar-refractivity contribution is 0.995. The summed E-state index contributed by atoms with van der Waals surface area (Å²) in [7, 11) is 0. The van der Waals surface area contributed by atoms with Crippen LogP contribution in [-0.4, -0.2) is 33.2 Å². The molecule has 0 aliphatic carbocycles. The molecule has 0 saturated heterocycles. The Labute approximate surface area is 93.3 Å². The summed E-state index contributed by atoms with van der Waals surface area (Å²) in [5, 5.41) is 8.18. The lowest BCUT2D eigenvalue weighted by atomic mass is 10.7. The van der Waals surface area contributed by atoms with Gasteiger partial charge in [-0.25, -0.2) is 0 Å². The SMILES string of the molecule is CCNc1nc(N=C=S)nc(NCC)n1. The number of rotatable bonds is 5. The fourth-order valence-corrected chi connectivity index (χ4v) is 1.01. The smallest absolute Gasteiger partial charge is 0.265 e. The number of aromatic nitrogens is 3. The van der Waals surface area contributed by atoms with Gasteiger partial charge in [-0.15, -0.1) is 0 Å². The van der Waals surface area contributed by atoms with Gasteiger partial charge < -0.3 is 10.6 Å². The minimum absolute atomic E-state index is 0.256. The van der Waals surface area contributed by atoms with Crippen molar-refractivity contribution in [2.24, 2.45) is 4.99 Å². The lowest BCUT2D eigenvalue weighted by Gasteiger charge is -2.05. The molecule has 0 fully saturated rings. The summed E-state index contributed by atoms with van der Waals surface area (Å²) in [5.41, 5.74) is 0. The van der Waals surface area contributed by atoms with Crippen molar-refractivity contribution in [3.63, 3.8) is 0 Å². The van der Waals surface area contributed by atoms with Gasteiger partial charge in [0.2, 0.25) is 11.9 Å². The van der Waals surface area contributed by atoms with Crippen molar-refractivity contribution in [3.05, 3.63) is 0 Å². The molecule has 7 heteroatoms. The Bertz CT molecular complexity index is 349. The summed E-state index contributed by atoms with van der Waals surface area (Å²) < 4.78 is 0. The molecule has 2 N–H and O–H groups in total. The van der Waals surface area contributed by atoms with Crippen LogP contribution in [0.4, 0.5) is 17.8 Å². The molecule has 80 valence electrons. The zero-order valence-electron chi connectivity index (χ0n) is 8.61. The van der Waals surface area contributed by atoms with Crippen LogP contribution in [0.5, 0.6) is 0 Å². The van der Waals surface area contributed by atoms with Crippen LogP contribution >= 0.6 is 12.2 Å². The van der Waals surface area contributed by atoms with E-state index in [2.05, 4.69) is 48.0 Å². The van der Waals surface area contributed by atoms with E-state index in [0.29, 0.717) is 11.9 Å². The van der Waals surface area contributed by atoms with Crippen molar-refractivity contribution in [3.8, 4) is 0 Å². The molecule has 0 radical (unpaired) electrons. The van der Waals surface area contributed by atoms with E-state index >= 15 is 0 Å². The Hall–Kier alpha value is -1.59. The van der Waals surface area contributed by atoms with E-state index in [4.69, 9.17) is 0 Å². The maximum atomic E-state index is 4.49. The van der Waals surface area contributed by atoms with Crippen LogP contribution in [-0.2, 0) is 0 Å². The summed E-state index contributed by atoms with van der Waals surface area (Å²) in [6.07, 6.45) is 0. The molecule has 1 aromatic rings. The zero-order valence-corrected chi connectivity index (χ0v) is 9.43. The highest BCUT2D eigenvalue weighted by Crippen LogP contribution is 2.10.